The van der Waals surface area contributed by atoms with Gasteiger partial charge in [-0.05, 0) is 19.1 Å². The lowest BCUT2D eigenvalue weighted by molar-refractivity contribution is 1.31. The maximum Gasteiger partial charge on any atom is 0.0907 e. The van der Waals surface area contributed by atoms with Crippen LogP contribution in [0.4, 0.5) is 11.4 Å². The van der Waals surface area contributed by atoms with Crippen LogP contribution in [-0.2, 0) is 0 Å². The lowest BCUT2D eigenvalue weighted by Gasteiger charge is -2.07. The van der Waals surface area contributed by atoms with Crippen LogP contribution >= 0.6 is 22.9 Å². The van der Waals surface area contributed by atoms with Crippen molar-refractivity contribution in [1.29, 1.82) is 0 Å². The molecule has 1 heterocycles. The number of hydrogen-bond acceptors (Lipinski definition) is 4. The maximum absolute atomic E-state index is 5.93. The topological polar surface area (TPSA) is 50.9 Å². The first-order valence-electron chi connectivity index (χ1n) is 4.80. The second kappa shape index (κ2) is 4.31. The van der Waals surface area contributed by atoms with Gasteiger partial charge in [-0.25, -0.2) is 4.98 Å². The first-order chi connectivity index (χ1) is 7.56. The number of nitrogens with zero attached hydrogens (tertiary/aromatic N) is 1. The summed E-state index contributed by atoms with van der Waals surface area (Å²) in [5.41, 5.74) is 8.43. The smallest absolute Gasteiger partial charge is 0.0907 e. The molecule has 0 aliphatic rings. The first-order valence-corrected chi connectivity index (χ1v) is 5.99. The summed E-state index contributed by atoms with van der Waals surface area (Å²) >= 11 is 7.33. The third-order valence-electron chi connectivity index (χ3n) is 2.14. The van der Waals surface area contributed by atoms with Crippen LogP contribution in [0.1, 0.15) is 5.01 Å². The van der Waals surface area contributed by atoms with Crippen molar-refractivity contribution >= 4 is 44.5 Å². The molecule has 5 heteroatoms. The van der Waals surface area contributed by atoms with Crippen molar-refractivity contribution in [3.8, 4) is 0 Å². The van der Waals surface area contributed by atoms with Crippen LogP contribution in [0.3, 0.4) is 0 Å². The fourth-order valence-corrected chi connectivity index (χ4v) is 2.37. The van der Waals surface area contributed by atoms with Gasteiger partial charge in [-0.2, -0.15) is 0 Å². The molecule has 0 spiro atoms. The molecule has 1 aromatic carbocycles. The molecule has 3 nitrogen and oxygen atoms in total. The molecule has 2 rings (SSSR count). The maximum atomic E-state index is 5.93. The van der Waals surface area contributed by atoms with Crippen LogP contribution in [0.2, 0.25) is 0 Å². The zero-order valence-electron chi connectivity index (χ0n) is 8.88. The summed E-state index contributed by atoms with van der Waals surface area (Å²) in [6.07, 6.45) is 0. The Kier molecular flexibility index (Phi) is 3.03. The van der Waals surface area contributed by atoms with Gasteiger partial charge in [-0.1, -0.05) is 18.2 Å². The predicted molar refractivity (Wildman–Crippen MR) is 72.3 cm³/mol. The van der Waals surface area contributed by atoms with E-state index in [9.17, 15) is 0 Å². The quantitative estimate of drug-likeness (QED) is 0.825. The van der Waals surface area contributed by atoms with E-state index in [-0.39, 0.29) is 0 Å². The number of nitrogens with two attached hydrogens (primary N) is 1. The zero-order valence-corrected chi connectivity index (χ0v) is 10.5. The van der Waals surface area contributed by atoms with Gasteiger partial charge >= 0.3 is 0 Å². The summed E-state index contributed by atoms with van der Waals surface area (Å²) in [6.45, 7) is 6.10. The highest BCUT2D eigenvalue weighted by atomic mass is 35.5. The number of rotatable bonds is 3. The minimum Gasteiger partial charge on any atom is -0.397 e. The number of benzene rings is 1. The van der Waals surface area contributed by atoms with Crippen molar-refractivity contribution in [2.45, 2.75) is 6.92 Å². The summed E-state index contributed by atoms with van der Waals surface area (Å²) in [6, 6.07) is 3.87. The highest BCUT2D eigenvalue weighted by Gasteiger charge is 2.05. The molecule has 0 fully saturated rings. The van der Waals surface area contributed by atoms with E-state index >= 15 is 0 Å². The Morgan fingerprint density at radius 1 is 1.62 bits per heavy atom. The Bertz CT molecular complexity index is 547. The van der Waals surface area contributed by atoms with Gasteiger partial charge in [0.1, 0.15) is 0 Å². The van der Waals surface area contributed by atoms with Crippen molar-refractivity contribution in [3.05, 3.63) is 28.8 Å². The Hall–Kier alpha value is -1.26. The number of aromatic nitrogens is 1. The Labute approximate surface area is 103 Å². The van der Waals surface area contributed by atoms with Crippen LogP contribution in [0.15, 0.2) is 23.7 Å². The van der Waals surface area contributed by atoms with Gasteiger partial charge in [-0.15, -0.1) is 11.3 Å². The van der Waals surface area contributed by atoms with Crippen molar-refractivity contribution in [2.24, 2.45) is 0 Å². The zero-order chi connectivity index (χ0) is 11.7. The second-order valence-electron chi connectivity index (χ2n) is 3.51. The lowest BCUT2D eigenvalue weighted by atomic mass is 10.2. The van der Waals surface area contributed by atoms with E-state index in [1.54, 1.807) is 11.3 Å². The van der Waals surface area contributed by atoms with Gasteiger partial charge in [0, 0.05) is 5.03 Å². The number of nitrogens with one attached hydrogen (secondary N) is 1. The predicted octanol–water partition coefficient (Wildman–Crippen LogP) is 3.35. The van der Waals surface area contributed by atoms with E-state index in [4.69, 9.17) is 17.3 Å². The lowest BCUT2D eigenvalue weighted by Crippen LogP contribution is -2.03. The van der Waals surface area contributed by atoms with Gasteiger partial charge in [0.05, 0.1) is 33.1 Å². The number of hydrogen-bond donors (Lipinski definition) is 2. The fraction of sp³-hybridized carbons (Fsp3) is 0.182. The number of thiazole rings is 1. The molecule has 0 radical (unpaired) electrons. The summed E-state index contributed by atoms with van der Waals surface area (Å²) in [5.74, 6) is 0. The molecule has 3 N–H and O–H groups in total. The minimum atomic E-state index is 0.500. The Balaban J connectivity index is 2.37. The van der Waals surface area contributed by atoms with Gasteiger partial charge in [0.2, 0.25) is 0 Å². The number of fused-ring (bicyclic) bond motifs is 1. The summed E-state index contributed by atoms with van der Waals surface area (Å²) in [5, 5.41) is 4.71. The SMILES string of the molecule is C=C(Cl)CNc1cc2nc(C)sc2cc1N. The number of anilines is 2. The standard InChI is InChI=1S/C11H12ClN3S/c1-6(12)5-14-9-4-10-11(3-8(9)13)16-7(2)15-10/h3-4,14H,1,5,13H2,2H3. The van der Waals surface area contributed by atoms with Crippen LogP contribution in [0.5, 0.6) is 0 Å². The molecule has 0 bridgehead atoms. The molecule has 0 aliphatic heterocycles. The molecule has 0 saturated carbocycles. The summed E-state index contributed by atoms with van der Waals surface area (Å²) < 4.78 is 1.10. The molecular weight excluding hydrogens is 242 g/mol. The van der Waals surface area contributed by atoms with Gasteiger partial charge < -0.3 is 11.1 Å². The third-order valence-corrected chi connectivity index (χ3v) is 3.20. The molecule has 2 aromatic rings. The molecule has 0 saturated heterocycles. The summed E-state index contributed by atoms with van der Waals surface area (Å²) in [7, 11) is 0. The van der Waals surface area contributed by atoms with Crippen LogP contribution in [0.25, 0.3) is 10.2 Å². The average molecular weight is 254 g/mol. The van der Waals surface area contributed by atoms with E-state index < -0.39 is 0 Å². The van der Waals surface area contributed by atoms with Crippen molar-refractivity contribution in [1.82, 2.24) is 4.98 Å². The molecule has 0 unspecified atom stereocenters. The van der Waals surface area contributed by atoms with E-state index in [1.165, 1.54) is 0 Å². The van der Waals surface area contributed by atoms with E-state index in [2.05, 4.69) is 16.9 Å². The summed E-state index contributed by atoms with van der Waals surface area (Å²) in [4.78, 5) is 4.41. The van der Waals surface area contributed by atoms with Crippen molar-refractivity contribution < 1.29 is 0 Å². The van der Waals surface area contributed by atoms with Gasteiger partial charge in [-0.3, -0.25) is 0 Å². The van der Waals surface area contributed by atoms with Crippen LogP contribution in [0, 0.1) is 6.92 Å². The van der Waals surface area contributed by atoms with Crippen molar-refractivity contribution in [3.63, 3.8) is 0 Å². The van der Waals surface area contributed by atoms with E-state index in [0.29, 0.717) is 17.3 Å². The molecule has 0 amide bonds. The molecule has 1 aromatic heterocycles. The highest BCUT2D eigenvalue weighted by molar-refractivity contribution is 7.18. The Morgan fingerprint density at radius 2 is 2.38 bits per heavy atom. The van der Waals surface area contributed by atoms with Gasteiger partial charge in [0.25, 0.3) is 0 Å². The van der Waals surface area contributed by atoms with Crippen LogP contribution < -0.4 is 11.1 Å². The Morgan fingerprint density at radius 3 is 3.06 bits per heavy atom. The third kappa shape index (κ3) is 2.28. The van der Waals surface area contributed by atoms with Crippen molar-refractivity contribution in [2.75, 3.05) is 17.6 Å². The van der Waals surface area contributed by atoms with E-state index in [0.717, 1.165) is 20.9 Å². The normalized spacial score (nSPS) is 10.6. The van der Waals surface area contributed by atoms with Crippen LogP contribution in [-0.4, -0.2) is 11.5 Å². The molecule has 0 atom stereocenters. The second-order valence-corrected chi connectivity index (χ2v) is 5.28. The molecule has 16 heavy (non-hydrogen) atoms. The highest BCUT2D eigenvalue weighted by Crippen LogP contribution is 2.29. The monoisotopic (exact) mass is 253 g/mol. The minimum absolute atomic E-state index is 0.500. The first kappa shape index (κ1) is 11.2. The molecule has 84 valence electrons. The number of halogens is 1. The average Bonchev–Trinajstić information content (AvgIpc) is 2.53. The van der Waals surface area contributed by atoms with E-state index in [1.807, 2.05) is 19.1 Å². The number of nitrogen functional groups attached to an aromatic ring is 1. The van der Waals surface area contributed by atoms with Gasteiger partial charge in [0.15, 0.2) is 0 Å². The molecule has 0 aliphatic carbocycles. The largest absolute Gasteiger partial charge is 0.397 e. The molecular formula is C11H12ClN3S. The fourth-order valence-electron chi connectivity index (χ4n) is 1.45. The number of aryl methyl sites for hydroxylation is 1.